The number of carboxylic acids is 1. The Hall–Kier alpha value is -1.91. The van der Waals surface area contributed by atoms with Crippen molar-refractivity contribution in [2.24, 2.45) is 11.8 Å². The Kier molecular flexibility index (Phi) is 4.37. The molecule has 1 heterocycles. The fraction of sp³-hybridized carbons (Fsp3) is 0.533. The number of aliphatic carboxylic acids is 1. The molecule has 1 amide bonds. The van der Waals surface area contributed by atoms with Gasteiger partial charge in [-0.3, -0.25) is 9.59 Å². The molecule has 1 aromatic heterocycles. The van der Waals surface area contributed by atoms with Crippen LogP contribution >= 0.6 is 0 Å². The zero-order valence-corrected chi connectivity index (χ0v) is 11.8. The van der Waals surface area contributed by atoms with E-state index >= 15 is 0 Å². The van der Waals surface area contributed by atoms with Crippen molar-refractivity contribution in [2.45, 2.75) is 39.5 Å². The lowest BCUT2D eigenvalue weighted by atomic mass is 9.81. The van der Waals surface area contributed by atoms with Gasteiger partial charge in [0.1, 0.15) is 5.82 Å². The van der Waals surface area contributed by atoms with Gasteiger partial charge in [-0.25, -0.2) is 4.98 Å². The molecule has 1 saturated carbocycles. The Bertz CT molecular complexity index is 500. The van der Waals surface area contributed by atoms with Gasteiger partial charge in [-0.1, -0.05) is 0 Å². The number of aromatic nitrogens is 1. The molecular weight excluding hydrogens is 256 g/mol. The lowest BCUT2D eigenvalue weighted by molar-refractivity contribution is -0.143. The molecule has 1 fully saturated rings. The number of carboxylic acid groups (broad SMARTS) is 1. The van der Waals surface area contributed by atoms with Crippen molar-refractivity contribution in [2.75, 3.05) is 5.32 Å². The van der Waals surface area contributed by atoms with Crippen molar-refractivity contribution in [3.05, 3.63) is 23.4 Å². The number of nitrogens with one attached hydrogen (secondary N) is 1. The minimum absolute atomic E-state index is 0.0497. The molecule has 1 aromatic rings. The highest BCUT2D eigenvalue weighted by Gasteiger charge is 2.29. The van der Waals surface area contributed by atoms with Crippen molar-refractivity contribution in [3.8, 4) is 0 Å². The van der Waals surface area contributed by atoms with Crippen molar-refractivity contribution < 1.29 is 14.7 Å². The number of pyridine rings is 1. The minimum atomic E-state index is -0.750. The first-order valence-electron chi connectivity index (χ1n) is 6.94. The molecule has 2 N–H and O–H groups in total. The smallest absolute Gasteiger partial charge is 0.306 e. The molecule has 1 aliphatic carbocycles. The molecule has 20 heavy (non-hydrogen) atoms. The second-order valence-electron chi connectivity index (χ2n) is 5.55. The number of aryl methyl sites for hydroxylation is 2. The van der Waals surface area contributed by atoms with Crippen LogP contribution in [0.4, 0.5) is 5.82 Å². The van der Waals surface area contributed by atoms with Gasteiger partial charge in [0.05, 0.1) is 5.92 Å². The van der Waals surface area contributed by atoms with Crippen LogP contribution in [-0.4, -0.2) is 22.0 Å². The van der Waals surface area contributed by atoms with Crippen LogP contribution in [0.25, 0.3) is 0 Å². The Labute approximate surface area is 118 Å². The average molecular weight is 276 g/mol. The minimum Gasteiger partial charge on any atom is -0.481 e. The zero-order chi connectivity index (χ0) is 14.7. The number of hydrogen-bond acceptors (Lipinski definition) is 3. The van der Waals surface area contributed by atoms with Gasteiger partial charge in [-0.2, -0.15) is 0 Å². The van der Waals surface area contributed by atoms with Crippen molar-refractivity contribution in [1.29, 1.82) is 0 Å². The van der Waals surface area contributed by atoms with E-state index in [0.29, 0.717) is 31.5 Å². The molecule has 5 nitrogen and oxygen atoms in total. The monoisotopic (exact) mass is 276 g/mol. The highest BCUT2D eigenvalue weighted by atomic mass is 16.4. The van der Waals surface area contributed by atoms with Crippen LogP contribution in [0.2, 0.25) is 0 Å². The molecule has 0 aromatic carbocycles. The van der Waals surface area contributed by atoms with E-state index in [-0.39, 0.29) is 17.7 Å². The Morgan fingerprint density at radius 2 is 1.75 bits per heavy atom. The molecule has 0 bridgehead atoms. The first kappa shape index (κ1) is 14.5. The quantitative estimate of drug-likeness (QED) is 0.889. The van der Waals surface area contributed by atoms with Crippen LogP contribution in [0.5, 0.6) is 0 Å². The fourth-order valence-electron chi connectivity index (χ4n) is 2.74. The Balaban J connectivity index is 1.94. The van der Waals surface area contributed by atoms with Crippen molar-refractivity contribution in [1.82, 2.24) is 4.98 Å². The molecule has 0 spiro atoms. The highest BCUT2D eigenvalue weighted by molar-refractivity contribution is 5.91. The van der Waals surface area contributed by atoms with E-state index in [2.05, 4.69) is 10.3 Å². The molecule has 0 saturated heterocycles. The largest absolute Gasteiger partial charge is 0.481 e. The second kappa shape index (κ2) is 6.03. The van der Waals surface area contributed by atoms with Crippen molar-refractivity contribution >= 4 is 17.7 Å². The summed E-state index contributed by atoms with van der Waals surface area (Å²) in [6.45, 7) is 3.85. The summed E-state index contributed by atoms with van der Waals surface area (Å²) in [7, 11) is 0. The molecule has 5 heteroatoms. The van der Waals surface area contributed by atoms with Gasteiger partial charge < -0.3 is 10.4 Å². The van der Waals surface area contributed by atoms with E-state index in [1.165, 1.54) is 0 Å². The first-order valence-corrected chi connectivity index (χ1v) is 6.94. The molecule has 0 aliphatic heterocycles. The fourth-order valence-corrected chi connectivity index (χ4v) is 2.74. The third-order valence-corrected chi connectivity index (χ3v) is 3.80. The molecule has 108 valence electrons. The van der Waals surface area contributed by atoms with E-state index in [9.17, 15) is 9.59 Å². The van der Waals surface area contributed by atoms with Crippen LogP contribution < -0.4 is 5.32 Å². The number of nitrogens with zero attached hydrogens (tertiary/aromatic N) is 1. The second-order valence-corrected chi connectivity index (χ2v) is 5.55. The summed E-state index contributed by atoms with van der Waals surface area (Å²) in [5.41, 5.74) is 1.93. The summed E-state index contributed by atoms with van der Waals surface area (Å²) in [6, 6.07) is 3.79. The number of hydrogen-bond donors (Lipinski definition) is 2. The predicted octanol–water partition coefficient (Wildman–Crippen LogP) is 2.53. The number of amides is 1. The van der Waals surface area contributed by atoms with Crippen molar-refractivity contribution in [3.63, 3.8) is 0 Å². The van der Waals surface area contributed by atoms with Crippen LogP contribution in [-0.2, 0) is 9.59 Å². The number of rotatable bonds is 3. The third-order valence-electron chi connectivity index (χ3n) is 3.80. The zero-order valence-electron chi connectivity index (χ0n) is 11.8. The summed E-state index contributed by atoms with van der Waals surface area (Å²) < 4.78 is 0. The molecule has 2 rings (SSSR count). The number of anilines is 1. The number of carbonyl (C=O) groups excluding carboxylic acids is 1. The van der Waals surface area contributed by atoms with Gasteiger partial charge in [0.25, 0.3) is 0 Å². The topological polar surface area (TPSA) is 79.3 Å². The van der Waals surface area contributed by atoms with Gasteiger partial charge >= 0.3 is 5.97 Å². The Morgan fingerprint density at radius 3 is 2.30 bits per heavy atom. The first-order chi connectivity index (χ1) is 9.45. The van der Waals surface area contributed by atoms with Crippen LogP contribution in [0.1, 0.15) is 36.9 Å². The van der Waals surface area contributed by atoms with E-state index in [0.717, 1.165) is 11.3 Å². The highest BCUT2D eigenvalue weighted by Crippen LogP contribution is 2.29. The van der Waals surface area contributed by atoms with E-state index in [1.807, 2.05) is 26.0 Å². The van der Waals surface area contributed by atoms with E-state index in [1.54, 1.807) is 0 Å². The molecule has 0 unspecified atom stereocenters. The summed E-state index contributed by atoms with van der Waals surface area (Å²) in [4.78, 5) is 27.3. The van der Waals surface area contributed by atoms with Gasteiger partial charge in [0, 0.05) is 11.6 Å². The maximum absolute atomic E-state index is 12.2. The molecule has 1 aliphatic rings. The lowest BCUT2D eigenvalue weighted by Gasteiger charge is -2.25. The van der Waals surface area contributed by atoms with Gasteiger partial charge in [-0.15, -0.1) is 0 Å². The van der Waals surface area contributed by atoms with Gasteiger partial charge in [0.15, 0.2) is 0 Å². The SMILES string of the molecule is Cc1cc(C)nc(NC(=O)C2CCC(C(=O)O)CC2)c1. The summed E-state index contributed by atoms with van der Waals surface area (Å²) in [5.74, 6) is -0.620. The van der Waals surface area contributed by atoms with Gasteiger partial charge in [0.2, 0.25) is 5.91 Å². The molecule has 0 atom stereocenters. The summed E-state index contributed by atoms with van der Waals surface area (Å²) in [5, 5.41) is 11.8. The van der Waals surface area contributed by atoms with Crippen LogP contribution in [0.15, 0.2) is 12.1 Å². The Morgan fingerprint density at radius 1 is 1.15 bits per heavy atom. The van der Waals surface area contributed by atoms with E-state index < -0.39 is 5.97 Å². The summed E-state index contributed by atoms with van der Waals surface area (Å²) >= 11 is 0. The standard InChI is InChI=1S/C15H20N2O3/c1-9-7-10(2)16-13(8-9)17-14(18)11-3-5-12(6-4-11)15(19)20/h7-8,11-12H,3-6H2,1-2H3,(H,19,20)(H,16,17,18). The predicted molar refractivity (Wildman–Crippen MR) is 75.4 cm³/mol. The van der Waals surface area contributed by atoms with Crippen LogP contribution in [0.3, 0.4) is 0 Å². The molecular formula is C15H20N2O3. The summed E-state index contributed by atoms with van der Waals surface area (Å²) in [6.07, 6.45) is 2.42. The van der Waals surface area contributed by atoms with E-state index in [4.69, 9.17) is 5.11 Å². The third kappa shape index (κ3) is 3.56. The lowest BCUT2D eigenvalue weighted by Crippen LogP contribution is -2.29. The number of carbonyl (C=O) groups is 2. The molecule has 0 radical (unpaired) electrons. The maximum atomic E-state index is 12.2. The normalized spacial score (nSPS) is 22.3. The van der Waals surface area contributed by atoms with Crippen LogP contribution in [0, 0.1) is 25.7 Å². The average Bonchev–Trinajstić information content (AvgIpc) is 2.37. The van der Waals surface area contributed by atoms with Gasteiger partial charge in [-0.05, 0) is 57.2 Å². The maximum Gasteiger partial charge on any atom is 0.306 e.